The number of nitrogens with zero attached hydrogens (tertiary/aromatic N) is 1. The molecule has 2 rings (SSSR count). The summed E-state index contributed by atoms with van der Waals surface area (Å²) in [4.78, 5) is 4.09. The Kier molecular flexibility index (Phi) is 1.47. The molecule has 1 heterocycles. The van der Waals surface area contributed by atoms with E-state index in [0.717, 1.165) is 16.5 Å². The number of rotatable bonds is 0. The molecule has 2 nitrogen and oxygen atoms in total. The molecule has 0 spiro atoms. The molecule has 60 valence electrons. The monoisotopic (exact) mass is 159 g/mol. The van der Waals surface area contributed by atoms with Crippen molar-refractivity contribution >= 4 is 10.9 Å². The zero-order chi connectivity index (χ0) is 8.55. The maximum Gasteiger partial charge on any atom is 0.134 e. The highest BCUT2D eigenvalue weighted by Crippen LogP contribution is 2.19. The Labute approximate surface area is 70.5 Å². The maximum atomic E-state index is 9.19. The largest absolute Gasteiger partial charge is 0.506 e. The second-order valence-electron chi connectivity index (χ2n) is 2.84. The third kappa shape index (κ3) is 1.01. The number of pyridine rings is 1. The van der Waals surface area contributed by atoms with Crippen LogP contribution in [0.5, 0.6) is 5.75 Å². The van der Waals surface area contributed by atoms with Crippen molar-refractivity contribution in [3.8, 4) is 5.75 Å². The number of aryl methyl sites for hydroxylation is 1. The van der Waals surface area contributed by atoms with Crippen molar-refractivity contribution in [2.24, 2.45) is 0 Å². The highest BCUT2D eigenvalue weighted by molar-refractivity contribution is 5.82. The van der Waals surface area contributed by atoms with E-state index in [0.29, 0.717) is 0 Å². The van der Waals surface area contributed by atoms with Crippen LogP contribution in [-0.2, 0) is 0 Å². The molecule has 0 radical (unpaired) electrons. The quantitative estimate of drug-likeness (QED) is 0.639. The van der Waals surface area contributed by atoms with E-state index in [1.807, 2.05) is 25.1 Å². The average Bonchev–Trinajstić information content (AvgIpc) is 2.07. The van der Waals surface area contributed by atoms with Crippen LogP contribution in [0.4, 0.5) is 0 Å². The van der Waals surface area contributed by atoms with Crippen LogP contribution in [0.15, 0.2) is 30.5 Å². The van der Waals surface area contributed by atoms with Gasteiger partial charge in [-0.2, -0.15) is 0 Å². The lowest BCUT2D eigenvalue weighted by Gasteiger charge is -2.00. The van der Waals surface area contributed by atoms with Crippen LogP contribution in [0.2, 0.25) is 0 Å². The molecule has 0 saturated carbocycles. The van der Waals surface area contributed by atoms with Crippen molar-refractivity contribution in [3.63, 3.8) is 0 Å². The van der Waals surface area contributed by atoms with E-state index < -0.39 is 0 Å². The van der Waals surface area contributed by atoms with Gasteiger partial charge in [-0.3, -0.25) is 4.98 Å². The van der Waals surface area contributed by atoms with E-state index in [4.69, 9.17) is 0 Å². The van der Waals surface area contributed by atoms with Gasteiger partial charge in [-0.05, 0) is 24.6 Å². The summed E-state index contributed by atoms with van der Waals surface area (Å²) in [6, 6.07) is 7.63. The molecule has 12 heavy (non-hydrogen) atoms. The van der Waals surface area contributed by atoms with Gasteiger partial charge < -0.3 is 5.11 Å². The molecule has 0 unspecified atom stereocenters. The predicted molar refractivity (Wildman–Crippen MR) is 48.1 cm³/mol. The Morgan fingerprint density at radius 3 is 3.00 bits per heavy atom. The van der Waals surface area contributed by atoms with E-state index >= 15 is 0 Å². The number of benzene rings is 1. The SMILES string of the molecule is Cc1cccc2ncc(O)cc12. The number of aromatic hydroxyl groups is 1. The van der Waals surface area contributed by atoms with E-state index in [2.05, 4.69) is 4.98 Å². The van der Waals surface area contributed by atoms with Gasteiger partial charge in [0.15, 0.2) is 0 Å². The molecular formula is C10H9NO. The van der Waals surface area contributed by atoms with Gasteiger partial charge in [0, 0.05) is 5.39 Å². The third-order valence-corrected chi connectivity index (χ3v) is 1.93. The van der Waals surface area contributed by atoms with Gasteiger partial charge in [0.1, 0.15) is 5.75 Å². The summed E-state index contributed by atoms with van der Waals surface area (Å²) in [7, 11) is 0. The van der Waals surface area contributed by atoms with Gasteiger partial charge in [-0.1, -0.05) is 12.1 Å². The molecule has 1 aromatic carbocycles. The fourth-order valence-corrected chi connectivity index (χ4v) is 1.29. The summed E-state index contributed by atoms with van der Waals surface area (Å²) >= 11 is 0. The summed E-state index contributed by atoms with van der Waals surface area (Å²) < 4.78 is 0. The number of hydrogen-bond acceptors (Lipinski definition) is 2. The smallest absolute Gasteiger partial charge is 0.134 e. The van der Waals surface area contributed by atoms with Crippen molar-refractivity contribution in [1.29, 1.82) is 0 Å². The first-order valence-corrected chi connectivity index (χ1v) is 3.82. The first kappa shape index (κ1) is 7.10. The van der Waals surface area contributed by atoms with Gasteiger partial charge in [-0.25, -0.2) is 0 Å². The first-order chi connectivity index (χ1) is 5.77. The Bertz CT molecular complexity index is 423. The average molecular weight is 159 g/mol. The minimum Gasteiger partial charge on any atom is -0.506 e. The Hall–Kier alpha value is -1.57. The molecule has 2 heteroatoms. The van der Waals surface area contributed by atoms with Crippen molar-refractivity contribution in [1.82, 2.24) is 4.98 Å². The fourth-order valence-electron chi connectivity index (χ4n) is 1.29. The van der Waals surface area contributed by atoms with E-state index in [1.54, 1.807) is 6.07 Å². The number of aromatic nitrogens is 1. The minimum atomic E-state index is 0.219. The van der Waals surface area contributed by atoms with E-state index in [-0.39, 0.29) is 5.75 Å². The Balaban J connectivity index is 2.88. The minimum absolute atomic E-state index is 0.219. The molecule has 1 aromatic heterocycles. The normalized spacial score (nSPS) is 10.4. The molecule has 0 aliphatic rings. The third-order valence-electron chi connectivity index (χ3n) is 1.93. The Morgan fingerprint density at radius 2 is 2.17 bits per heavy atom. The summed E-state index contributed by atoms with van der Waals surface area (Å²) in [5.41, 5.74) is 2.06. The lowest BCUT2D eigenvalue weighted by molar-refractivity contribution is 0.474. The van der Waals surface area contributed by atoms with Crippen molar-refractivity contribution in [2.45, 2.75) is 6.92 Å². The van der Waals surface area contributed by atoms with Crippen LogP contribution in [-0.4, -0.2) is 10.1 Å². The molecule has 0 aliphatic heterocycles. The highest BCUT2D eigenvalue weighted by atomic mass is 16.3. The summed E-state index contributed by atoms with van der Waals surface area (Å²) in [6.45, 7) is 2.00. The van der Waals surface area contributed by atoms with Crippen LogP contribution in [0.1, 0.15) is 5.56 Å². The molecule has 0 atom stereocenters. The highest BCUT2D eigenvalue weighted by Gasteiger charge is 1.97. The summed E-state index contributed by atoms with van der Waals surface area (Å²) in [5.74, 6) is 0.219. The second-order valence-corrected chi connectivity index (χ2v) is 2.84. The molecule has 0 aliphatic carbocycles. The molecular weight excluding hydrogens is 150 g/mol. The van der Waals surface area contributed by atoms with Crippen LogP contribution in [0.25, 0.3) is 10.9 Å². The van der Waals surface area contributed by atoms with Crippen molar-refractivity contribution < 1.29 is 5.11 Å². The maximum absolute atomic E-state index is 9.19. The second kappa shape index (κ2) is 2.48. The van der Waals surface area contributed by atoms with Crippen LogP contribution in [0, 0.1) is 6.92 Å². The van der Waals surface area contributed by atoms with Gasteiger partial charge in [0.05, 0.1) is 11.7 Å². The predicted octanol–water partition coefficient (Wildman–Crippen LogP) is 2.25. The van der Waals surface area contributed by atoms with Gasteiger partial charge in [0.25, 0.3) is 0 Å². The van der Waals surface area contributed by atoms with Crippen molar-refractivity contribution in [3.05, 3.63) is 36.0 Å². The van der Waals surface area contributed by atoms with Gasteiger partial charge in [0.2, 0.25) is 0 Å². The zero-order valence-electron chi connectivity index (χ0n) is 6.78. The topological polar surface area (TPSA) is 33.1 Å². The van der Waals surface area contributed by atoms with Crippen molar-refractivity contribution in [2.75, 3.05) is 0 Å². The number of fused-ring (bicyclic) bond motifs is 1. The molecule has 0 saturated heterocycles. The lowest BCUT2D eigenvalue weighted by Crippen LogP contribution is -1.80. The lowest BCUT2D eigenvalue weighted by atomic mass is 10.1. The molecule has 2 aromatic rings. The van der Waals surface area contributed by atoms with Crippen LogP contribution in [0.3, 0.4) is 0 Å². The number of hydrogen-bond donors (Lipinski definition) is 1. The van der Waals surface area contributed by atoms with E-state index in [9.17, 15) is 5.11 Å². The van der Waals surface area contributed by atoms with Crippen LogP contribution >= 0.6 is 0 Å². The molecule has 0 amide bonds. The first-order valence-electron chi connectivity index (χ1n) is 3.82. The molecule has 0 bridgehead atoms. The summed E-state index contributed by atoms with van der Waals surface area (Å²) in [5, 5.41) is 10.2. The Morgan fingerprint density at radius 1 is 1.33 bits per heavy atom. The standard InChI is InChI=1S/C10H9NO/c1-7-3-2-4-10-9(7)5-8(12)6-11-10/h2-6,12H,1H3. The van der Waals surface area contributed by atoms with Crippen LogP contribution < -0.4 is 0 Å². The van der Waals surface area contributed by atoms with E-state index in [1.165, 1.54) is 6.20 Å². The summed E-state index contributed by atoms with van der Waals surface area (Å²) in [6.07, 6.45) is 1.46. The zero-order valence-corrected chi connectivity index (χ0v) is 6.78. The van der Waals surface area contributed by atoms with Gasteiger partial charge >= 0.3 is 0 Å². The molecule has 0 fully saturated rings. The van der Waals surface area contributed by atoms with Gasteiger partial charge in [-0.15, -0.1) is 0 Å². The molecule has 1 N–H and O–H groups in total. The fraction of sp³-hybridized carbons (Fsp3) is 0.100.